The van der Waals surface area contributed by atoms with E-state index < -0.39 is 22.6 Å². The van der Waals surface area contributed by atoms with Gasteiger partial charge in [-0.15, -0.1) is 5.10 Å². The van der Waals surface area contributed by atoms with E-state index in [0.29, 0.717) is 5.82 Å². The van der Waals surface area contributed by atoms with Gasteiger partial charge in [-0.25, -0.2) is 4.39 Å². The Labute approximate surface area is 201 Å². The summed E-state index contributed by atoms with van der Waals surface area (Å²) in [6.45, 7) is 1.60. The van der Waals surface area contributed by atoms with E-state index in [1.165, 1.54) is 35.0 Å². The second kappa shape index (κ2) is 9.65. The summed E-state index contributed by atoms with van der Waals surface area (Å²) in [6, 6.07) is 13.5. The fourth-order valence-electron chi connectivity index (χ4n) is 3.19. The van der Waals surface area contributed by atoms with Gasteiger partial charge >= 0.3 is 0 Å². The molecule has 176 valence electrons. The Morgan fingerprint density at radius 2 is 1.77 bits per heavy atom. The Balaban J connectivity index is 1.57. The highest BCUT2D eigenvalue weighted by Gasteiger charge is 2.19. The van der Waals surface area contributed by atoms with Gasteiger partial charge < -0.3 is 10.6 Å². The summed E-state index contributed by atoms with van der Waals surface area (Å²) in [7, 11) is 0. The highest BCUT2D eigenvalue weighted by molar-refractivity contribution is 6.34. The number of nitro benzene ring substituents is 1. The number of rotatable bonds is 6. The standard InChI is InChI=1S/C22H15ClFN7O4/c1-12-27-28-29-30(12)20-10-13(6-9-18(20)24)25-22(33)16-4-2-3-5-19(16)26-21(32)15-8-7-14(31(34)35)11-17(15)23/h2-11H,1H3,(H,25,33)(H,26,32). The van der Waals surface area contributed by atoms with Crippen molar-refractivity contribution in [2.45, 2.75) is 6.92 Å². The molecule has 13 heteroatoms. The lowest BCUT2D eigenvalue weighted by atomic mass is 10.1. The van der Waals surface area contributed by atoms with E-state index in [2.05, 4.69) is 26.2 Å². The zero-order valence-corrected chi connectivity index (χ0v) is 18.7. The van der Waals surface area contributed by atoms with Crippen molar-refractivity contribution in [1.82, 2.24) is 20.2 Å². The van der Waals surface area contributed by atoms with Gasteiger partial charge in [-0.2, -0.15) is 4.68 Å². The van der Waals surface area contributed by atoms with Gasteiger partial charge in [0.25, 0.3) is 17.5 Å². The predicted molar refractivity (Wildman–Crippen MR) is 124 cm³/mol. The summed E-state index contributed by atoms with van der Waals surface area (Å²) in [5.74, 6) is -1.48. The van der Waals surface area contributed by atoms with Gasteiger partial charge in [0.2, 0.25) is 0 Å². The van der Waals surface area contributed by atoms with Crippen LogP contribution in [0.25, 0.3) is 5.69 Å². The first-order chi connectivity index (χ1) is 16.7. The number of tetrazole rings is 1. The number of non-ortho nitro benzene ring substituents is 1. The SMILES string of the molecule is Cc1nnnn1-c1cc(NC(=O)c2ccccc2NC(=O)c2ccc([N+](=O)[O-])cc2Cl)ccc1F. The second-order valence-corrected chi connectivity index (χ2v) is 7.59. The molecule has 3 aromatic carbocycles. The van der Waals surface area contributed by atoms with Gasteiger partial charge in [0.05, 0.1) is 26.8 Å². The van der Waals surface area contributed by atoms with Crippen LogP contribution in [0.4, 0.5) is 21.5 Å². The van der Waals surface area contributed by atoms with E-state index in [4.69, 9.17) is 11.6 Å². The maximum absolute atomic E-state index is 14.3. The number of aryl methyl sites for hydroxylation is 1. The van der Waals surface area contributed by atoms with Crippen molar-refractivity contribution in [3.05, 3.63) is 98.6 Å². The van der Waals surface area contributed by atoms with Crippen LogP contribution in [0.5, 0.6) is 0 Å². The first kappa shape index (κ1) is 23.4. The number of aromatic nitrogens is 4. The number of amides is 2. The number of hydrogen-bond acceptors (Lipinski definition) is 7. The fraction of sp³-hybridized carbons (Fsp3) is 0.0455. The van der Waals surface area contributed by atoms with Crippen molar-refractivity contribution in [1.29, 1.82) is 0 Å². The molecular weight excluding hydrogens is 481 g/mol. The molecule has 0 spiro atoms. The quantitative estimate of drug-likeness (QED) is 0.301. The molecule has 0 aliphatic heterocycles. The third-order valence-corrected chi connectivity index (χ3v) is 5.20. The molecule has 0 aliphatic carbocycles. The van der Waals surface area contributed by atoms with Crippen LogP contribution in [0.15, 0.2) is 60.7 Å². The molecule has 0 radical (unpaired) electrons. The predicted octanol–water partition coefficient (Wildman–Crippen LogP) is 4.18. The number of halogens is 2. The molecule has 35 heavy (non-hydrogen) atoms. The Hall–Kier alpha value is -4.71. The van der Waals surface area contributed by atoms with Crippen LogP contribution in [0.3, 0.4) is 0 Å². The largest absolute Gasteiger partial charge is 0.322 e. The Kier molecular flexibility index (Phi) is 6.46. The number of nitrogens with zero attached hydrogens (tertiary/aromatic N) is 5. The van der Waals surface area contributed by atoms with E-state index in [1.807, 2.05) is 0 Å². The minimum Gasteiger partial charge on any atom is -0.322 e. The van der Waals surface area contributed by atoms with Gasteiger partial charge in [0.1, 0.15) is 11.5 Å². The van der Waals surface area contributed by atoms with E-state index >= 15 is 0 Å². The van der Waals surface area contributed by atoms with Crippen LogP contribution in [0.1, 0.15) is 26.5 Å². The van der Waals surface area contributed by atoms with Crippen LogP contribution in [0, 0.1) is 22.9 Å². The molecule has 0 saturated heterocycles. The maximum atomic E-state index is 14.3. The first-order valence-corrected chi connectivity index (χ1v) is 10.3. The highest BCUT2D eigenvalue weighted by Crippen LogP contribution is 2.25. The molecule has 0 fully saturated rings. The molecule has 4 rings (SSSR count). The molecule has 2 amide bonds. The smallest absolute Gasteiger partial charge is 0.270 e. The number of benzene rings is 3. The molecule has 0 aliphatic rings. The summed E-state index contributed by atoms with van der Waals surface area (Å²) < 4.78 is 15.5. The Bertz CT molecular complexity index is 1470. The number of para-hydroxylation sites is 1. The third kappa shape index (κ3) is 4.96. The van der Waals surface area contributed by atoms with Crippen molar-refractivity contribution in [2.75, 3.05) is 10.6 Å². The van der Waals surface area contributed by atoms with E-state index in [0.717, 1.165) is 18.2 Å². The summed E-state index contributed by atoms with van der Waals surface area (Å²) in [5.41, 5.74) is 0.321. The third-order valence-electron chi connectivity index (χ3n) is 4.89. The minimum atomic E-state index is -0.664. The summed E-state index contributed by atoms with van der Waals surface area (Å²) in [4.78, 5) is 36.0. The molecule has 0 saturated carbocycles. The van der Waals surface area contributed by atoms with Crippen LogP contribution < -0.4 is 10.6 Å². The minimum absolute atomic E-state index is 0.00698. The molecule has 11 nitrogen and oxygen atoms in total. The molecular formula is C22H15ClFN7O4. The molecule has 0 bridgehead atoms. The maximum Gasteiger partial charge on any atom is 0.270 e. The lowest BCUT2D eigenvalue weighted by molar-refractivity contribution is -0.384. The van der Waals surface area contributed by atoms with Crippen molar-refractivity contribution in [3.8, 4) is 5.69 Å². The van der Waals surface area contributed by atoms with Gasteiger partial charge in [-0.3, -0.25) is 19.7 Å². The van der Waals surface area contributed by atoms with E-state index in [1.54, 1.807) is 19.1 Å². The topological polar surface area (TPSA) is 145 Å². The van der Waals surface area contributed by atoms with Crippen molar-refractivity contribution < 1.29 is 18.9 Å². The van der Waals surface area contributed by atoms with E-state index in [9.17, 15) is 24.1 Å². The van der Waals surface area contributed by atoms with Crippen LogP contribution >= 0.6 is 11.6 Å². The number of nitro groups is 1. The lowest BCUT2D eigenvalue weighted by Gasteiger charge is -2.13. The van der Waals surface area contributed by atoms with Gasteiger partial charge in [-0.1, -0.05) is 23.7 Å². The molecule has 2 N–H and O–H groups in total. The summed E-state index contributed by atoms with van der Waals surface area (Å²) in [5, 5.41) is 27.0. The zero-order chi connectivity index (χ0) is 25.1. The van der Waals surface area contributed by atoms with Crippen LogP contribution in [0.2, 0.25) is 5.02 Å². The average molecular weight is 496 g/mol. The number of hydrogen-bond donors (Lipinski definition) is 2. The zero-order valence-electron chi connectivity index (χ0n) is 17.9. The van der Waals surface area contributed by atoms with Crippen molar-refractivity contribution >= 4 is 40.5 Å². The number of carbonyl (C=O) groups is 2. The first-order valence-electron chi connectivity index (χ1n) is 9.95. The summed E-state index contributed by atoms with van der Waals surface area (Å²) in [6.07, 6.45) is 0. The average Bonchev–Trinajstić information content (AvgIpc) is 3.25. The van der Waals surface area contributed by atoms with Crippen molar-refractivity contribution in [3.63, 3.8) is 0 Å². The number of carbonyl (C=O) groups excluding carboxylic acids is 2. The number of nitrogens with one attached hydrogen (secondary N) is 2. The normalized spacial score (nSPS) is 10.6. The molecule has 1 aromatic heterocycles. The van der Waals surface area contributed by atoms with Gasteiger partial charge in [-0.05, 0) is 53.7 Å². The number of anilines is 2. The van der Waals surface area contributed by atoms with Crippen LogP contribution in [-0.4, -0.2) is 36.9 Å². The molecule has 1 heterocycles. The highest BCUT2D eigenvalue weighted by atomic mass is 35.5. The lowest BCUT2D eigenvalue weighted by Crippen LogP contribution is -2.18. The van der Waals surface area contributed by atoms with Gasteiger partial charge in [0, 0.05) is 17.8 Å². The van der Waals surface area contributed by atoms with Gasteiger partial charge in [0.15, 0.2) is 5.82 Å². The summed E-state index contributed by atoms with van der Waals surface area (Å²) >= 11 is 6.03. The molecule has 4 aromatic rings. The fourth-order valence-corrected chi connectivity index (χ4v) is 3.45. The molecule has 0 unspecified atom stereocenters. The Morgan fingerprint density at radius 1 is 1.03 bits per heavy atom. The van der Waals surface area contributed by atoms with Crippen molar-refractivity contribution in [2.24, 2.45) is 0 Å². The molecule has 0 atom stereocenters. The second-order valence-electron chi connectivity index (χ2n) is 7.18. The monoisotopic (exact) mass is 495 g/mol. The van der Waals surface area contributed by atoms with E-state index in [-0.39, 0.29) is 38.9 Å². The van der Waals surface area contributed by atoms with Crippen LogP contribution in [-0.2, 0) is 0 Å². The Morgan fingerprint density at radius 3 is 2.46 bits per heavy atom.